The first kappa shape index (κ1) is 11.1. The van der Waals surface area contributed by atoms with Gasteiger partial charge in [-0.25, -0.2) is 0 Å². The van der Waals surface area contributed by atoms with Crippen LogP contribution in [0.1, 0.15) is 0 Å². The van der Waals surface area contributed by atoms with E-state index in [-0.39, 0.29) is 0 Å². The second kappa shape index (κ2) is 5.08. The highest BCUT2D eigenvalue weighted by molar-refractivity contribution is 6.30. The summed E-state index contributed by atoms with van der Waals surface area (Å²) in [4.78, 5) is 10.6. The molecule has 1 rings (SSSR count). The van der Waals surface area contributed by atoms with Crippen molar-refractivity contribution in [3.05, 3.63) is 29.3 Å². The molecule has 15 heavy (non-hydrogen) atoms. The van der Waals surface area contributed by atoms with E-state index >= 15 is 0 Å². The van der Waals surface area contributed by atoms with Gasteiger partial charge in [-0.3, -0.25) is 4.79 Å². The minimum Gasteiger partial charge on any atom is -0.367 e. The van der Waals surface area contributed by atoms with Crippen LogP contribution in [-0.4, -0.2) is 11.9 Å². The van der Waals surface area contributed by atoms with E-state index in [1.54, 1.807) is 30.3 Å². The molecule has 0 aromatic heterocycles. The maximum Gasteiger partial charge on any atom is 0.258 e. The van der Waals surface area contributed by atoms with Crippen LogP contribution in [0, 0.1) is 11.3 Å². The molecule has 1 aromatic rings. The first-order valence-electron chi connectivity index (χ1n) is 3.99. The van der Waals surface area contributed by atoms with Gasteiger partial charge in [0.25, 0.3) is 5.91 Å². The van der Waals surface area contributed by atoms with Crippen molar-refractivity contribution in [1.29, 1.82) is 5.26 Å². The Morgan fingerprint density at radius 3 is 2.87 bits per heavy atom. The molecule has 0 saturated heterocycles. The molecule has 6 heteroatoms. The number of nitriles is 1. The third kappa shape index (κ3) is 3.37. The molecule has 0 spiro atoms. The van der Waals surface area contributed by atoms with Crippen molar-refractivity contribution in [2.24, 2.45) is 16.0 Å². The number of benzene rings is 1. The normalized spacial score (nSPS) is 12.3. The van der Waals surface area contributed by atoms with Gasteiger partial charge < -0.3 is 5.73 Å². The highest BCUT2D eigenvalue weighted by Gasteiger charge is 2.11. The molecule has 1 atom stereocenters. The lowest BCUT2D eigenvalue weighted by atomic mass is 10.3. The number of nitrogens with zero attached hydrogens (tertiary/aromatic N) is 3. The van der Waals surface area contributed by atoms with Gasteiger partial charge in [0.05, 0.1) is 5.69 Å². The minimum atomic E-state index is -1.26. The smallest absolute Gasteiger partial charge is 0.258 e. The van der Waals surface area contributed by atoms with E-state index in [4.69, 9.17) is 22.6 Å². The summed E-state index contributed by atoms with van der Waals surface area (Å²) in [7, 11) is 0. The second-order valence-corrected chi connectivity index (χ2v) is 3.07. The number of hydrogen-bond donors (Lipinski definition) is 1. The molecule has 0 heterocycles. The summed E-state index contributed by atoms with van der Waals surface area (Å²) >= 11 is 5.70. The van der Waals surface area contributed by atoms with Gasteiger partial charge >= 0.3 is 0 Å². The molecule has 1 aromatic carbocycles. The van der Waals surface area contributed by atoms with Crippen molar-refractivity contribution in [3.63, 3.8) is 0 Å². The maximum absolute atomic E-state index is 10.6. The van der Waals surface area contributed by atoms with Crippen molar-refractivity contribution in [1.82, 2.24) is 0 Å². The predicted octanol–water partition coefficient (Wildman–Crippen LogP) is 1.80. The molecule has 76 valence electrons. The third-order valence-electron chi connectivity index (χ3n) is 1.49. The molecule has 0 bridgehead atoms. The van der Waals surface area contributed by atoms with Crippen LogP contribution in [0.2, 0.25) is 5.02 Å². The Morgan fingerprint density at radius 1 is 1.60 bits per heavy atom. The summed E-state index contributed by atoms with van der Waals surface area (Å²) in [6.07, 6.45) is 0. The van der Waals surface area contributed by atoms with Crippen LogP contribution in [0.3, 0.4) is 0 Å². The fourth-order valence-electron chi connectivity index (χ4n) is 0.809. The summed E-state index contributed by atoms with van der Waals surface area (Å²) in [6, 6.07) is 6.92. The average Bonchev–Trinajstić information content (AvgIpc) is 2.18. The van der Waals surface area contributed by atoms with Crippen molar-refractivity contribution in [2.75, 3.05) is 0 Å². The average molecular weight is 223 g/mol. The number of rotatable bonds is 3. The Morgan fingerprint density at radius 2 is 2.33 bits per heavy atom. The summed E-state index contributed by atoms with van der Waals surface area (Å²) < 4.78 is 0. The summed E-state index contributed by atoms with van der Waals surface area (Å²) in [6.45, 7) is 0. The van der Waals surface area contributed by atoms with E-state index in [0.29, 0.717) is 10.7 Å². The number of carbonyl (C=O) groups is 1. The van der Waals surface area contributed by atoms with Gasteiger partial charge in [-0.2, -0.15) is 15.5 Å². The lowest BCUT2D eigenvalue weighted by molar-refractivity contribution is -0.118. The monoisotopic (exact) mass is 222 g/mol. The van der Waals surface area contributed by atoms with Crippen molar-refractivity contribution in [3.8, 4) is 6.07 Å². The van der Waals surface area contributed by atoms with Gasteiger partial charge in [-0.15, -0.1) is 0 Å². The van der Waals surface area contributed by atoms with Crippen LogP contribution >= 0.6 is 11.6 Å². The van der Waals surface area contributed by atoms with Gasteiger partial charge in [-0.05, 0) is 18.2 Å². The van der Waals surface area contributed by atoms with Crippen LogP contribution in [0.4, 0.5) is 5.69 Å². The SMILES string of the molecule is N#CC(/N=N/c1cccc(Cl)c1)C(N)=O. The molecule has 0 aliphatic carbocycles. The topological polar surface area (TPSA) is 91.6 Å². The van der Waals surface area contributed by atoms with E-state index in [9.17, 15) is 4.79 Å². The van der Waals surface area contributed by atoms with Crippen LogP contribution < -0.4 is 5.73 Å². The highest BCUT2D eigenvalue weighted by atomic mass is 35.5. The Balaban J connectivity index is 2.82. The molecule has 0 aliphatic rings. The van der Waals surface area contributed by atoms with Crippen LogP contribution in [-0.2, 0) is 4.79 Å². The number of hydrogen-bond acceptors (Lipinski definition) is 4. The number of nitrogens with two attached hydrogens (primary N) is 1. The van der Waals surface area contributed by atoms with Gasteiger partial charge in [0, 0.05) is 5.02 Å². The highest BCUT2D eigenvalue weighted by Crippen LogP contribution is 2.18. The standard InChI is InChI=1S/C9H7ClN4O/c10-6-2-1-3-7(4-6)13-14-8(5-11)9(12)15/h1-4,8H,(H2,12,15)/b14-13+. The molecule has 0 saturated carbocycles. The van der Waals surface area contributed by atoms with Gasteiger partial charge in [0.2, 0.25) is 6.04 Å². The third-order valence-corrected chi connectivity index (χ3v) is 1.72. The van der Waals surface area contributed by atoms with Crippen LogP contribution in [0.5, 0.6) is 0 Å². The molecular formula is C9H7ClN4O. The fraction of sp³-hybridized carbons (Fsp3) is 0.111. The summed E-state index contributed by atoms with van der Waals surface area (Å²) in [5.41, 5.74) is 5.36. The molecule has 2 N–H and O–H groups in total. The number of azo groups is 1. The van der Waals surface area contributed by atoms with Crippen LogP contribution in [0.25, 0.3) is 0 Å². The number of halogens is 1. The molecule has 0 aliphatic heterocycles. The Hall–Kier alpha value is -1.93. The van der Waals surface area contributed by atoms with Gasteiger partial charge in [-0.1, -0.05) is 17.7 Å². The molecular weight excluding hydrogens is 216 g/mol. The predicted molar refractivity (Wildman–Crippen MR) is 54.6 cm³/mol. The Labute approximate surface area is 91.2 Å². The summed E-state index contributed by atoms with van der Waals surface area (Å²) in [5, 5.41) is 16.2. The first-order valence-corrected chi connectivity index (χ1v) is 4.36. The van der Waals surface area contributed by atoms with E-state index in [1.807, 2.05) is 0 Å². The van der Waals surface area contributed by atoms with Crippen molar-refractivity contribution in [2.45, 2.75) is 6.04 Å². The molecule has 0 fully saturated rings. The van der Waals surface area contributed by atoms with Gasteiger partial charge in [0.1, 0.15) is 6.07 Å². The zero-order chi connectivity index (χ0) is 11.3. The largest absolute Gasteiger partial charge is 0.367 e. The van der Waals surface area contributed by atoms with E-state index < -0.39 is 11.9 Å². The first-order chi connectivity index (χ1) is 7.13. The van der Waals surface area contributed by atoms with Crippen LogP contribution in [0.15, 0.2) is 34.5 Å². The maximum atomic E-state index is 10.6. The minimum absolute atomic E-state index is 0.462. The fourth-order valence-corrected chi connectivity index (χ4v) is 0.994. The van der Waals surface area contributed by atoms with Crippen molar-refractivity contribution >= 4 is 23.2 Å². The lowest BCUT2D eigenvalue weighted by Crippen LogP contribution is -2.24. The number of primary amides is 1. The van der Waals surface area contributed by atoms with E-state index in [0.717, 1.165) is 0 Å². The quantitative estimate of drug-likeness (QED) is 0.790. The number of carbonyl (C=O) groups excluding carboxylic acids is 1. The summed E-state index contributed by atoms with van der Waals surface area (Å²) in [5.74, 6) is -0.830. The second-order valence-electron chi connectivity index (χ2n) is 2.63. The molecule has 1 amide bonds. The molecule has 0 radical (unpaired) electrons. The van der Waals surface area contributed by atoms with E-state index in [1.165, 1.54) is 0 Å². The van der Waals surface area contributed by atoms with Crippen molar-refractivity contribution < 1.29 is 4.79 Å². The lowest BCUT2D eigenvalue weighted by Gasteiger charge is -1.95. The zero-order valence-corrected chi connectivity index (χ0v) is 8.35. The number of amides is 1. The van der Waals surface area contributed by atoms with E-state index in [2.05, 4.69) is 10.2 Å². The Kier molecular flexibility index (Phi) is 3.77. The Bertz CT molecular complexity index is 438. The zero-order valence-electron chi connectivity index (χ0n) is 7.59. The van der Waals surface area contributed by atoms with Gasteiger partial charge in [0.15, 0.2) is 0 Å². The molecule has 1 unspecified atom stereocenters. The molecule has 5 nitrogen and oxygen atoms in total.